The quantitative estimate of drug-likeness (QED) is 0.773. The average molecular weight is 421 g/mol. The van der Waals surface area contributed by atoms with Crippen molar-refractivity contribution in [2.75, 3.05) is 26.2 Å². The number of rotatable bonds is 5. The van der Waals surface area contributed by atoms with E-state index in [1.807, 2.05) is 24.3 Å². The van der Waals surface area contributed by atoms with E-state index in [0.29, 0.717) is 5.56 Å². The summed E-state index contributed by atoms with van der Waals surface area (Å²) in [4.78, 5) is 14.7. The third kappa shape index (κ3) is 4.21. The van der Waals surface area contributed by atoms with E-state index in [1.54, 1.807) is 0 Å². The van der Waals surface area contributed by atoms with Crippen molar-refractivity contribution in [1.82, 2.24) is 10.2 Å². The normalized spacial score (nSPS) is 20.5. The average Bonchev–Trinajstić information content (AvgIpc) is 2.78. The minimum absolute atomic E-state index is 0.0261. The number of carbonyl (C=O) groups is 1. The molecule has 5 heteroatoms. The van der Waals surface area contributed by atoms with E-state index in [0.717, 1.165) is 48.6 Å². The SMILES string of the molecule is O=C(NCCO)c1ccc(-c2ccc3c(c2)CCC2(CCN(C4CCC4)CC2)O3)cc1. The van der Waals surface area contributed by atoms with Crippen LogP contribution in [0.2, 0.25) is 0 Å². The molecule has 1 spiro atoms. The maximum atomic E-state index is 12.0. The van der Waals surface area contributed by atoms with Crippen molar-refractivity contribution in [3.05, 3.63) is 53.6 Å². The number of likely N-dealkylation sites (tertiary alicyclic amines) is 1. The Morgan fingerprint density at radius 2 is 1.81 bits per heavy atom. The molecular formula is C26H32N2O3. The summed E-state index contributed by atoms with van der Waals surface area (Å²) >= 11 is 0. The molecule has 1 saturated carbocycles. The molecule has 2 aliphatic heterocycles. The van der Waals surface area contributed by atoms with Crippen LogP contribution in [0.1, 0.15) is 54.4 Å². The lowest BCUT2D eigenvalue weighted by molar-refractivity contribution is -0.0336. The number of aryl methyl sites for hydroxylation is 1. The fraction of sp³-hybridized carbons (Fsp3) is 0.500. The Morgan fingerprint density at radius 1 is 1.06 bits per heavy atom. The predicted molar refractivity (Wildman–Crippen MR) is 121 cm³/mol. The molecule has 5 rings (SSSR count). The second-order valence-electron chi connectivity index (χ2n) is 9.29. The predicted octanol–water partition coefficient (Wildman–Crippen LogP) is 3.79. The molecule has 0 atom stereocenters. The zero-order valence-corrected chi connectivity index (χ0v) is 18.1. The van der Waals surface area contributed by atoms with Crippen LogP contribution in [-0.2, 0) is 6.42 Å². The summed E-state index contributed by atoms with van der Waals surface area (Å²) in [6.07, 6.45) is 8.62. The van der Waals surface area contributed by atoms with Gasteiger partial charge in [0.2, 0.25) is 0 Å². The van der Waals surface area contributed by atoms with Gasteiger partial charge in [-0.1, -0.05) is 24.6 Å². The summed E-state index contributed by atoms with van der Waals surface area (Å²) in [6, 6.07) is 15.0. The second kappa shape index (κ2) is 8.64. The molecule has 2 fully saturated rings. The van der Waals surface area contributed by atoms with Gasteiger partial charge in [-0.05, 0) is 79.5 Å². The van der Waals surface area contributed by atoms with Crippen molar-refractivity contribution in [2.24, 2.45) is 0 Å². The number of aliphatic hydroxyl groups is 1. The Labute approximate surface area is 184 Å². The molecule has 5 nitrogen and oxygen atoms in total. The van der Waals surface area contributed by atoms with Crippen LogP contribution in [0, 0.1) is 0 Å². The largest absolute Gasteiger partial charge is 0.487 e. The van der Waals surface area contributed by atoms with Crippen LogP contribution < -0.4 is 10.1 Å². The molecule has 0 bridgehead atoms. The number of amides is 1. The molecule has 2 N–H and O–H groups in total. The number of piperidine rings is 1. The van der Waals surface area contributed by atoms with Crippen LogP contribution in [-0.4, -0.2) is 53.8 Å². The number of carbonyl (C=O) groups excluding carboxylic acids is 1. The highest BCUT2D eigenvalue weighted by Gasteiger charge is 2.41. The number of hydrogen-bond acceptors (Lipinski definition) is 4. The molecule has 2 aromatic carbocycles. The summed E-state index contributed by atoms with van der Waals surface area (Å²) in [6.45, 7) is 2.57. The molecule has 2 aromatic rings. The zero-order valence-electron chi connectivity index (χ0n) is 18.1. The third-order valence-corrected chi connectivity index (χ3v) is 7.42. The summed E-state index contributed by atoms with van der Waals surface area (Å²) in [5.41, 5.74) is 4.16. The Morgan fingerprint density at radius 3 is 2.48 bits per heavy atom. The van der Waals surface area contributed by atoms with Gasteiger partial charge in [0, 0.05) is 31.2 Å². The van der Waals surface area contributed by atoms with Crippen LogP contribution in [0.3, 0.4) is 0 Å². The number of ether oxygens (including phenoxy) is 1. The third-order valence-electron chi connectivity index (χ3n) is 7.42. The van der Waals surface area contributed by atoms with E-state index < -0.39 is 0 Å². The molecule has 0 radical (unpaired) electrons. The fourth-order valence-electron chi connectivity index (χ4n) is 5.19. The number of aliphatic hydroxyl groups excluding tert-OH is 1. The Bertz CT molecular complexity index is 928. The molecule has 164 valence electrons. The van der Waals surface area contributed by atoms with Crippen LogP contribution in [0.15, 0.2) is 42.5 Å². The lowest BCUT2D eigenvalue weighted by Gasteiger charge is -2.48. The molecule has 1 aliphatic carbocycles. The molecule has 31 heavy (non-hydrogen) atoms. The highest BCUT2D eigenvalue weighted by atomic mass is 16.5. The van der Waals surface area contributed by atoms with Crippen molar-refractivity contribution in [2.45, 2.75) is 56.6 Å². The van der Waals surface area contributed by atoms with Crippen LogP contribution in [0.5, 0.6) is 5.75 Å². The molecule has 1 amide bonds. The van der Waals surface area contributed by atoms with E-state index in [2.05, 4.69) is 28.4 Å². The van der Waals surface area contributed by atoms with Gasteiger partial charge in [0.25, 0.3) is 5.91 Å². The van der Waals surface area contributed by atoms with Crippen molar-refractivity contribution in [3.8, 4) is 16.9 Å². The summed E-state index contributed by atoms with van der Waals surface area (Å²) in [7, 11) is 0. The van der Waals surface area contributed by atoms with Crippen molar-refractivity contribution in [1.29, 1.82) is 0 Å². The monoisotopic (exact) mass is 420 g/mol. The highest BCUT2D eigenvalue weighted by Crippen LogP contribution is 2.42. The number of nitrogens with zero attached hydrogens (tertiary/aromatic N) is 1. The number of hydrogen-bond donors (Lipinski definition) is 2. The number of nitrogens with one attached hydrogen (secondary N) is 1. The van der Waals surface area contributed by atoms with Gasteiger partial charge in [-0.25, -0.2) is 0 Å². The zero-order chi connectivity index (χ0) is 21.3. The summed E-state index contributed by atoms with van der Waals surface area (Å²) < 4.78 is 6.62. The first-order chi connectivity index (χ1) is 15.2. The van der Waals surface area contributed by atoms with Gasteiger partial charge in [-0.3, -0.25) is 4.79 Å². The van der Waals surface area contributed by atoms with Crippen molar-refractivity contribution in [3.63, 3.8) is 0 Å². The van der Waals surface area contributed by atoms with Gasteiger partial charge in [0.15, 0.2) is 0 Å². The smallest absolute Gasteiger partial charge is 0.251 e. The first kappa shape index (κ1) is 20.5. The van der Waals surface area contributed by atoms with Crippen molar-refractivity contribution >= 4 is 5.91 Å². The summed E-state index contributed by atoms with van der Waals surface area (Å²) in [5, 5.41) is 11.5. The van der Waals surface area contributed by atoms with Crippen LogP contribution in [0.25, 0.3) is 11.1 Å². The summed E-state index contributed by atoms with van der Waals surface area (Å²) in [5.74, 6) is 0.889. The van der Waals surface area contributed by atoms with Crippen molar-refractivity contribution < 1.29 is 14.6 Å². The number of benzene rings is 2. The molecular weight excluding hydrogens is 388 g/mol. The highest BCUT2D eigenvalue weighted by molar-refractivity contribution is 5.94. The fourth-order valence-corrected chi connectivity index (χ4v) is 5.19. The maximum absolute atomic E-state index is 12.0. The minimum Gasteiger partial charge on any atom is -0.487 e. The molecule has 3 aliphatic rings. The standard InChI is InChI=1S/C26H32N2O3/c29-17-14-27-25(30)20-6-4-19(5-7-20)21-8-9-24-22(18-21)10-11-26(31-24)12-15-28(16-13-26)23-2-1-3-23/h4-9,18,23,29H,1-3,10-17H2,(H,27,30). The van der Waals surface area contributed by atoms with E-state index in [9.17, 15) is 4.79 Å². The lowest BCUT2D eigenvalue weighted by atomic mass is 9.81. The first-order valence-corrected chi connectivity index (χ1v) is 11.7. The van der Waals surface area contributed by atoms with Gasteiger partial charge < -0.3 is 20.1 Å². The Balaban J connectivity index is 1.25. The van der Waals surface area contributed by atoms with E-state index in [1.165, 1.54) is 37.9 Å². The first-order valence-electron chi connectivity index (χ1n) is 11.7. The van der Waals surface area contributed by atoms with Gasteiger partial charge in [0.05, 0.1) is 6.61 Å². The topological polar surface area (TPSA) is 61.8 Å². The molecule has 1 saturated heterocycles. The molecule has 0 aromatic heterocycles. The van der Waals surface area contributed by atoms with Gasteiger partial charge in [-0.15, -0.1) is 0 Å². The van der Waals surface area contributed by atoms with E-state index in [-0.39, 0.29) is 24.7 Å². The van der Waals surface area contributed by atoms with Crippen LogP contribution >= 0.6 is 0 Å². The maximum Gasteiger partial charge on any atom is 0.251 e. The number of fused-ring (bicyclic) bond motifs is 1. The molecule has 2 heterocycles. The van der Waals surface area contributed by atoms with E-state index >= 15 is 0 Å². The molecule has 0 unspecified atom stereocenters. The minimum atomic E-state index is -0.159. The van der Waals surface area contributed by atoms with Gasteiger partial charge in [0.1, 0.15) is 11.4 Å². The Kier molecular flexibility index (Phi) is 5.72. The van der Waals surface area contributed by atoms with Crippen LogP contribution in [0.4, 0.5) is 0 Å². The van der Waals surface area contributed by atoms with Gasteiger partial charge in [-0.2, -0.15) is 0 Å². The Hall–Kier alpha value is -2.37. The van der Waals surface area contributed by atoms with E-state index in [4.69, 9.17) is 9.84 Å². The lowest BCUT2D eigenvalue weighted by Crippen LogP contribution is -2.53. The second-order valence-corrected chi connectivity index (χ2v) is 9.29. The van der Waals surface area contributed by atoms with Gasteiger partial charge >= 0.3 is 0 Å².